The number of carbonyl (C=O) groups excluding carboxylic acids is 1. The Kier molecular flexibility index (Phi) is 6.22. The highest BCUT2D eigenvalue weighted by atomic mass is 19.4. The fourth-order valence-corrected chi connectivity index (χ4v) is 3.93. The van der Waals surface area contributed by atoms with Crippen LogP contribution in [0.2, 0.25) is 0 Å². The average Bonchev–Trinajstić information content (AvgIpc) is 2.80. The van der Waals surface area contributed by atoms with Crippen molar-refractivity contribution in [3.63, 3.8) is 0 Å². The van der Waals surface area contributed by atoms with E-state index < -0.39 is 11.7 Å². The lowest BCUT2D eigenvalue weighted by molar-refractivity contribution is -0.137. The summed E-state index contributed by atoms with van der Waals surface area (Å²) in [6, 6.07) is 5.37. The molecule has 164 valence electrons. The molecule has 0 saturated carbocycles. The van der Waals surface area contributed by atoms with Gasteiger partial charge in [0.15, 0.2) is 0 Å². The van der Waals surface area contributed by atoms with Crippen molar-refractivity contribution >= 4 is 17.3 Å². The van der Waals surface area contributed by atoms with Crippen molar-refractivity contribution in [3.8, 4) is 0 Å². The normalized spacial score (nSPS) is 18.1. The van der Waals surface area contributed by atoms with E-state index in [4.69, 9.17) is 0 Å². The minimum atomic E-state index is -4.36. The quantitative estimate of drug-likeness (QED) is 0.745. The Balaban J connectivity index is 1.29. The van der Waals surface area contributed by atoms with E-state index in [0.29, 0.717) is 31.6 Å². The van der Waals surface area contributed by atoms with Gasteiger partial charge in [0, 0.05) is 51.7 Å². The second kappa shape index (κ2) is 9.05. The molecule has 31 heavy (non-hydrogen) atoms. The van der Waals surface area contributed by atoms with Crippen LogP contribution in [0, 0.1) is 0 Å². The van der Waals surface area contributed by atoms with E-state index in [9.17, 15) is 18.0 Å². The van der Waals surface area contributed by atoms with Crippen LogP contribution in [-0.2, 0) is 11.0 Å². The Morgan fingerprint density at radius 1 is 1.06 bits per heavy atom. The molecule has 9 heteroatoms. The zero-order chi connectivity index (χ0) is 21.8. The monoisotopic (exact) mass is 431 g/mol. The molecular formula is C22H24F3N5O. The summed E-state index contributed by atoms with van der Waals surface area (Å²) in [4.78, 5) is 27.2. The molecule has 1 fully saturated rings. The predicted molar refractivity (Wildman–Crippen MR) is 111 cm³/mol. The standard InChI is InChI=1S/C22H24F3N5O/c23-22(24,25)19-3-1-2-18(14-19)17-4-8-30(9-5-17)21(31)16-28-10-12-29(13-11-28)20-15-26-6-7-27-20/h1-4,6-7,14-15H,5,8-13,16H2. The van der Waals surface area contributed by atoms with Crippen LogP contribution in [0.15, 0.2) is 48.9 Å². The van der Waals surface area contributed by atoms with E-state index in [0.717, 1.165) is 43.6 Å². The lowest BCUT2D eigenvalue weighted by Gasteiger charge is -2.36. The molecule has 0 spiro atoms. The van der Waals surface area contributed by atoms with Crippen LogP contribution in [0.1, 0.15) is 17.5 Å². The van der Waals surface area contributed by atoms with Gasteiger partial charge in [-0.05, 0) is 29.7 Å². The van der Waals surface area contributed by atoms with Crippen LogP contribution in [0.4, 0.5) is 19.0 Å². The molecule has 4 rings (SSSR count). The van der Waals surface area contributed by atoms with E-state index in [1.807, 2.05) is 6.08 Å². The van der Waals surface area contributed by atoms with Crippen LogP contribution in [0.25, 0.3) is 5.57 Å². The number of anilines is 1. The molecule has 0 N–H and O–H groups in total. The summed E-state index contributed by atoms with van der Waals surface area (Å²) in [6.45, 7) is 4.38. The molecule has 1 aromatic carbocycles. The largest absolute Gasteiger partial charge is 0.416 e. The minimum absolute atomic E-state index is 0.0484. The maximum Gasteiger partial charge on any atom is 0.416 e. The first kappa shape index (κ1) is 21.3. The summed E-state index contributed by atoms with van der Waals surface area (Å²) in [7, 11) is 0. The van der Waals surface area contributed by atoms with Gasteiger partial charge in [-0.1, -0.05) is 18.2 Å². The number of piperazine rings is 1. The molecule has 1 aromatic heterocycles. The Bertz CT molecular complexity index is 940. The van der Waals surface area contributed by atoms with E-state index in [-0.39, 0.29) is 5.91 Å². The molecule has 3 heterocycles. The lowest BCUT2D eigenvalue weighted by atomic mass is 9.97. The molecule has 0 aliphatic carbocycles. The second-order valence-corrected chi connectivity index (χ2v) is 7.72. The molecule has 1 saturated heterocycles. The van der Waals surface area contributed by atoms with Gasteiger partial charge in [-0.3, -0.25) is 14.7 Å². The maximum atomic E-state index is 13.0. The number of carbonyl (C=O) groups is 1. The third-order valence-corrected chi connectivity index (χ3v) is 5.73. The van der Waals surface area contributed by atoms with E-state index in [1.165, 1.54) is 12.1 Å². The van der Waals surface area contributed by atoms with Gasteiger partial charge < -0.3 is 9.80 Å². The summed E-state index contributed by atoms with van der Waals surface area (Å²) in [5.41, 5.74) is 0.778. The van der Waals surface area contributed by atoms with Crippen molar-refractivity contribution in [2.75, 3.05) is 50.7 Å². The molecule has 1 amide bonds. The van der Waals surface area contributed by atoms with E-state index in [1.54, 1.807) is 29.6 Å². The Morgan fingerprint density at radius 2 is 1.87 bits per heavy atom. The van der Waals surface area contributed by atoms with Crippen LogP contribution >= 0.6 is 0 Å². The summed E-state index contributed by atoms with van der Waals surface area (Å²) in [5, 5.41) is 0. The third kappa shape index (κ3) is 5.22. The molecule has 2 aliphatic rings. The number of alkyl halides is 3. The molecule has 2 aliphatic heterocycles. The molecule has 0 atom stereocenters. The van der Waals surface area contributed by atoms with Gasteiger partial charge in [0.2, 0.25) is 5.91 Å². The van der Waals surface area contributed by atoms with Crippen LogP contribution in [0.5, 0.6) is 0 Å². The van der Waals surface area contributed by atoms with Crippen molar-refractivity contribution in [3.05, 3.63) is 60.1 Å². The zero-order valence-electron chi connectivity index (χ0n) is 17.1. The average molecular weight is 431 g/mol. The van der Waals surface area contributed by atoms with Gasteiger partial charge in [-0.25, -0.2) is 4.98 Å². The highest BCUT2D eigenvalue weighted by Gasteiger charge is 2.31. The van der Waals surface area contributed by atoms with Crippen molar-refractivity contribution < 1.29 is 18.0 Å². The summed E-state index contributed by atoms with van der Waals surface area (Å²) < 4.78 is 38.9. The smallest absolute Gasteiger partial charge is 0.353 e. The molecule has 0 bridgehead atoms. The number of aromatic nitrogens is 2. The predicted octanol–water partition coefficient (Wildman–Crippen LogP) is 2.93. The van der Waals surface area contributed by atoms with Crippen molar-refractivity contribution in [1.29, 1.82) is 0 Å². The summed E-state index contributed by atoms with van der Waals surface area (Å²) >= 11 is 0. The summed E-state index contributed by atoms with van der Waals surface area (Å²) in [6.07, 6.45) is 3.11. The number of hydrogen-bond acceptors (Lipinski definition) is 5. The molecule has 2 aromatic rings. The Hall–Kier alpha value is -2.94. The topological polar surface area (TPSA) is 52.6 Å². The van der Waals surface area contributed by atoms with Gasteiger partial charge in [0.1, 0.15) is 5.82 Å². The van der Waals surface area contributed by atoms with Gasteiger partial charge in [-0.15, -0.1) is 0 Å². The van der Waals surface area contributed by atoms with E-state index in [2.05, 4.69) is 19.8 Å². The second-order valence-electron chi connectivity index (χ2n) is 7.72. The van der Waals surface area contributed by atoms with Crippen LogP contribution < -0.4 is 4.90 Å². The zero-order valence-corrected chi connectivity index (χ0v) is 17.1. The number of nitrogens with zero attached hydrogens (tertiary/aromatic N) is 5. The highest BCUT2D eigenvalue weighted by molar-refractivity contribution is 5.80. The van der Waals surface area contributed by atoms with Gasteiger partial charge in [-0.2, -0.15) is 13.2 Å². The van der Waals surface area contributed by atoms with Crippen molar-refractivity contribution in [2.45, 2.75) is 12.6 Å². The molecule has 0 radical (unpaired) electrons. The van der Waals surface area contributed by atoms with Crippen LogP contribution in [-0.4, -0.2) is 71.5 Å². The number of benzene rings is 1. The minimum Gasteiger partial charge on any atom is -0.353 e. The number of amides is 1. The van der Waals surface area contributed by atoms with Gasteiger partial charge >= 0.3 is 6.18 Å². The number of hydrogen-bond donors (Lipinski definition) is 0. The molecule has 0 unspecified atom stereocenters. The lowest BCUT2D eigenvalue weighted by Crippen LogP contribution is -2.50. The van der Waals surface area contributed by atoms with Crippen molar-refractivity contribution in [1.82, 2.24) is 19.8 Å². The first-order chi connectivity index (χ1) is 14.9. The molecule has 6 nitrogen and oxygen atoms in total. The van der Waals surface area contributed by atoms with E-state index >= 15 is 0 Å². The Morgan fingerprint density at radius 3 is 2.52 bits per heavy atom. The van der Waals surface area contributed by atoms with Crippen molar-refractivity contribution in [2.24, 2.45) is 0 Å². The molecular weight excluding hydrogens is 407 g/mol. The first-order valence-electron chi connectivity index (χ1n) is 10.3. The van der Waals surface area contributed by atoms with Crippen LogP contribution in [0.3, 0.4) is 0 Å². The first-order valence-corrected chi connectivity index (χ1v) is 10.3. The number of rotatable bonds is 4. The fraction of sp³-hybridized carbons (Fsp3) is 0.409. The SMILES string of the molecule is O=C(CN1CCN(c2cnccn2)CC1)N1CC=C(c2cccc(C(F)(F)F)c2)CC1. The van der Waals surface area contributed by atoms with Gasteiger partial charge in [0.05, 0.1) is 18.3 Å². The third-order valence-electron chi connectivity index (χ3n) is 5.73. The summed E-state index contributed by atoms with van der Waals surface area (Å²) in [5.74, 6) is 0.893. The highest BCUT2D eigenvalue weighted by Crippen LogP contribution is 2.32. The Labute approximate surface area is 179 Å². The maximum absolute atomic E-state index is 13.0. The number of halogens is 3. The fourth-order valence-electron chi connectivity index (χ4n) is 3.93. The van der Waals surface area contributed by atoms with Gasteiger partial charge in [0.25, 0.3) is 0 Å².